The summed E-state index contributed by atoms with van der Waals surface area (Å²) in [6, 6.07) is 0. The van der Waals surface area contributed by atoms with Crippen LogP contribution in [0.1, 0.15) is 13.3 Å². The second kappa shape index (κ2) is 4.85. The molecule has 0 saturated heterocycles. The third-order valence-electron chi connectivity index (χ3n) is 0.652. The Morgan fingerprint density at radius 2 is 2.38 bits per heavy atom. The number of rotatable bonds is 2. The van der Waals surface area contributed by atoms with E-state index in [9.17, 15) is 0 Å². The maximum absolute atomic E-state index is 5.59. The summed E-state index contributed by atoms with van der Waals surface area (Å²) in [6.07, 6.45) is 4.50. The molecule has 0 aromatic carbocycles. The standard InChI is InChI=1S/C6H10ClN/c1-3-4-6(7)5-8-2/h4-5H,3H2,1-2H3/b6-4+,8-5-. The predicted octanol–water partition coefficient (Wildman–Crippen LogP) is 2.22. The first-order chi connectivity index (χ1) is 3.81. The average molecular weight is 132 g/mol. The zero-order chi connectivity index (χ0) is 6.41. The minimum atomic E-state index is 0.718. The van der Waals surface area contributed by atoms with Crippen LogP contribution in [0.3, 0.4) is 0 Å². The van der Waals surface area contributed by atoms with Gasteiger partial charge in [0.05, 0.1) is 5.03 Å². The zero-order valence-electron chi connectivity index (χ0n) is 5.19. The van der Waals surface area contributed by atoms with Crippen LogP contribution < -0.4 is 0 Å². The zero-order valence-corrected chi connectivity index (χ0v) is 5.94. The molecule has 0 unspecified atom stereocenters. The molecule has 2 heteroatoms. The molecule has 0 aliphatic rings. The molecule has 0 fully saturated rings. The second-order valence-corrected chi connectivity index (χ2v) is 1.82. The van der Waals surface area contributed by atoms with E-state index in [2.05, 4.69) is 4.99 Å². The van der Waals surface area contributed by atoms with E-state index in [1.165, 1.54) is 0 Å². The number of aliphatic imine (C=N–C) groups is 1. The molecule has 0 atom stereocenters. The second-order valence-electron chi connectivity index (χ2n) is 1.38. The molecule has 46 valence electrons. The van der Waals surface area contributed by atoms with Crippen LogP contribution >= 0.6 is 11.6 Å². The van der Waals surface area contributed by atoms with Crippen LogP contribution in [-0.2, 0) is 0 Å². The lowest BCUT2D eigenvalue weighted by Crippen LogP contribution is -1.70. The highest BCUT2D eigenvalue weighted by Gasteiger charge is 1.78. The molecule has 0 amide bonds. The lowest BCUT2D eigenvalue weighted by Gasteiger charge is -1.81. The maximum Gasteiger partial charge on any atom is 0.0544 e. The molecule has 0 aliphatic carbocycles. The van der Waals surface area contributed by atoms with Gasteiger partial charge < -0.3 is 0 Å². The van der Waals surface area contributed by atoms with Gasteiger partial charge in [-0.25, -0.2) is 0 Å². The third-order valence-corrected chi connectivity index (χ3v) is 0.903. The lowest BCUT2D eigenvalue weighted by molar-refractivity contribution is 1.22. The van der Waals surface area contributed by atoms with E-state index in [1.807, 2.05) is 13.0 Å². The predicted molar refractivity (Wildman–Crippen MR) is 38.6 cm³/mol. The van der Waals surface area contributed by atoms with Gasteiger partial charge in [0.2, 0.25) is 0 Å². The van der Waals surface area contributed by atoms with Gasteiger partial charge in [0.25, 0.3) is 0 Å². The minimum absolute atomic E-state index is 0.718. The Morgan fingerprint density at radius 3 is 2.75 bits per heavy atom. The number of hydrogen-bond donors (Lipinski definition) is 0. The van der Waals surface area contributed by atoms with Gasteiger partial charge in [-0.2, -0.15) is 0 Å². The van der Waals surface area contributed by atoms with E-state index >= 15 is 0 Å². The van der Waals surface area contributed by atoms with Crippen LogP contribution in [0.15, 0.2) is 16.1 Å². The Labute approximate surface area is 55.1 Å². The van der Waals surface area contributed by atoms with E-state index in [0.717, 1.165) is 11.5 Å². The smallest absolute Gasteiger partial charge is 0.0544 e. The molecule has 8 heavy (non-hydrogen) atoms. The van der Waals surface area contributed by atoms with Crippen molar-refractivity contribution in [3.8, 4) is 0 Å². The molecule has 0 aromatic rings. The number of nitrogens with zero attached hydrogens (tertiary/aromatic N) is 1. The highest BCUT2D eigenvalue weighted by molar-refractivity contribution is 6.39. The molecule has 1 nitrogen and oxygen atoms in total. The third kappa shape index (κ3) is 3.88. The Kier molecular flexibility index (Phi) is 4.67. The average Bonchev–Trinajstić information content (AvgIpc) is 1.68. The Morgan fingerprint density at radius 1 is 1.75 bits per heavy atom. The van der Waals surface area contributed by atoms with Crippen LogP contribution in [-0.4, -0.2) is 13.3 Å². The van der Waals surface area contributed by atoms with Crippen LogP contribution in [0.5, 0.6) is 0 Å². The fourth-order valence-corrected chi connectivity index (χ4v) is 0.623. The van der Waals surface area contributed by atoms with E-state index in [0.29, 0.717) is 0 Å². The molecular weight excluding hydrogens is 122 g/mol. The lowest BCUT2D eigenvalue weighted by atomic mass is 10.4. The first kappa shape index (κ1) is 7.70. The Hall–Kier alpha value is -0.300. The molecule has 0 aromatic heterocycles. The van der Waals surface area contributed by atoms with Crippen LogP contribution in [0.2, 0.25) is 0 Å². The molecule has 0 rings (SSSR count). The summed E-state index contributed by atoms with van der Waals surface area (Å²) in [6.45, 7) is 2.03. The van der Waals surface area contributed by atoms with E-state index in [1.54, 1.807) is 13.3 Å². The monoisotopic (exact) mass is 131 g/mol. The van der Waals surface area contributed by atoms with Gasteiger partial charge in [-0.15, -0.1) is 0 Å². The summed E-state index contributed by atoms with van der Waals surface area (Å²) in [5.41, 5.74) is 0. The van der Waals surface area contributed by atoms with Crippen molar-refractivity contribution in [1.29, 1.82) is 0 Å². The summed E-state index contributed by atoms with van der Waals surface area (Å²) in [7, 11) is 1.70. The largest absolute Gasteiger partial charge is 0.295 e. The Balaban J connectivity index is 3.61. The fourth-order valence-electron chi connectivity index (χ4n) is 0.371. The van der Waals surface area contributed by atoms with Crippen molar-refractivity contribution in [2.24, 2.45) is 4.99 Å². The van der Waals surface area contributed by atoms with Gasteiger partial charge >= 0.3 is 0 Å². The molecule has 0 radical (unpaired) electrons. The van der Waals surface area contributed by atoms with Crippen molar-refractivity contribution in [1.82, 2.24) is 0 Å². The van der Waals surface area contributed by atoms with Gasteiger partial charge in [0.15, 0.2) is 0 Å². The van der Waals surface area contributed by atoms with Crippen molar-refractivity contribution in [2.75, 3.05) is 7.05 Å². The first-order valence-corrected chi connectivity index (χ1v) is 2.97. The van der Waals surface area contributed by atoms with Crippen molar-refractivity contribution in [3.05, 3.63) is 11.1 Å². The maximum atomic E-state index is 5.59. The van der Waals surface area contributed by atoms with Gasteiger partial charge in [0, 0.05) is 13.3 Å². The summed E-state index contributed by atoms with van der Waals surface area (Å²) in [4.78, 5) is 3.73. The Bertz CT molecular complexity index is 105. The summed E-state index contributed by atoms with van der Waals surface area (Å²) >= 11 is 5.59. The van der Waals surface area contributed by atoms with E-state index in [4.69, 9.17) is 11.6 Å². The van der Waals surface area contributed by atoms with Crippen LogP contribution in [0, 0.1) is 0 Å². The molecular formula is C6H10ClN. The molecule has 0 spiro atoms. The quantitative estimate of drug-likeness (QED) is 0.510. The van der Waals surface area contributed by atoms with Crippen molar-refractivity contribution in [2.45, 2.75) is 13.3 Å². The SMILES string of the molecule is CC/C=C(Cl)\C=N/C. The number of halogens is 1. The summed E-state index contributed by atoms with van der Waals surface area (Å²) in [5, 5.41) is 0.718. The number of allylic oxidation sites excluding steroid dienone is 2. The van der Waals surface area contributed by atoms with Gasteiger partial charge in [-0.1, -0.05) is 24.6 Å². The van der Waals surface area contributed by atoms with Gasteiger partial charge in [0.1, 0.15) is 0 Å². The topological polar surface area (TPSA) is 12.4 Å². The molecule has 0 heterocycles. The van der Waals surface area contributed by atoms with Gasteiger partial charge in [-0.05, 0) is 6.42 Å². The number of hydrogen-bond acceptors (Lipinski definition) is 1. The van der Waals surface area contributed by atoms with Crippen molar-refractivity contribution < 1.29 is 0 Å². The molecule has 0 N–H and O–H groups in total. The van der Waals surface area contributed by atoms with Gasteiger partial charge in [-0.3, -0.25) is 4.99 Å². The summed E-state index contributed by atoms with van der Waals surface area (Å²) in [5.74, 6) is 0. The highest BCUT2D eigenvalue weighted by atomic mass is 35.5. The minimum Gasteiger partial charge on any atom is -0.295 e. The van der Waals surface area contributed by atoms with Crippen molar-refractivity contribution >= 4 is 17.8 Å². The van der Waals surface area contributed by atoms with E-state index < -0.39 is 0 Å². The fraction of sp³-hybridized carbons (Fsp3) is 0.500. The van der Waals surface area contributed by atoms with Crippen LogP contribution in [0.25, 0.3) is 0 Å². The van der Waals surface area contributed by atoms with E-state index in [-0.39, 0.29) is 0 Å². The summed E-state index contributed by atoms with van der Waals surface area (Å²) < 4.78 is 0. The molecule has 0 saturated carbocycles. The molecule has 0 aliphatic heterocycles. The van der Waals surface area contributed by atoms with Crippen LogP contribution in [0.4, 0.5) is 0 Å². The molecule has 0 bridgehead atoms. The first-order valence-electron chi connectivity index (χ1n) is 2.59. The van der Waals surface area contributed by atoms with Crippen molar-refractivity contribution in [3.63, 3.8) is 0 Å². The highest BCUT2D eigenvalue weighted by Crippen LogP contribution is 1.97. The normalized spacial score (nSPS) is 13.1.